The van der Waals surface area contributed by atoms with Gasteiger partial charge in [0.2, 0.25) is 10.0 Å². The molecule has 0 aromatic carbocycles. The number of nitrogens with one attached hydrogen (secondary N) is 1. The van der Waals surface area contributed by atoms with Crippen LogP contribution >= 0.6 is 0 Å². The number of aromatic nitrogens is 1. The molecular formula is C9H12N2O4S. The Hall–Kier alpha value is -1.63. The molecule has 0 spiro atoms. The van der Waals surface area contributed by atoms with Gasteiger partial charge in [-0.3, -0.25) is 9.52 Å². The third kappa shape index (κ3) is 4.26. The molecular weight excluding hydrogens is 232 g/mol. The first kappa shape index (κ1) is 12.4. The summed E-state index contributed by atoms with van der Waals surface area (Å²) < 4.78 is 24.9. The maximum absolute atomic E-state index is 11.4. The number of hydrogen-bond acceptors (Lipinski definition) is 4. The highest BCUT2D eigenvalue weighted by atomic mass is 32.2. The molecule has 0 amide bonds. The summed E-state index contributed by atoms with van der Waals surface area (Å²) in [6.45, 7) is 1.83. The molecule has 0 unspecified atom stereocenters. The van der Waals surface area contributed by atoms with Crippen molar-refractivity contribution in [1.29, 1.82) is 0 Å². The van der Waals surface area contributed by atoms with Crippen molar-refractivity contribution >= 4 is 21.8 Å². The second kappa shape index (κ2) is 4.93. The van der Waals surface area contributed by atoms with Crippen molar-refractivity contribution in [2.45, 2.75) is 13.3 Å². The van der Waals surface area contributed by atoms with Crippen LogP contribution in [0.3, 0.4) is 0 Å². The van der Waals surface area contributed by atoms with E-state index in [4.69, 9.17) is 5.11 Å². The molecule has 0 aliphatic heterocycles. The van der Waals surface area contributed by atoms with E-state index in [1.165, 1.54) is 12.3 Å². The standard InChI is InChI=1S/C9H12N2O4S/c1-7-2-3-8(10-6-7)11-16(14,15)5-4-9(12)13/h2-3,6H,4-5H2,1H3,(H,10,11)(H,12,13). The molecule has 1 aromatic heterocycles. The lowest BCUT2D eigenvalue weighted by Gasteiger charge is -2.05. The Morgan fingerprint density at radius 3 is 2.69 bits per heavy atom. The minimum absolute atomic E-state index is 0.191. The van der Waals surface area contributed by atoms with Crippen LogP contribution in [0, 0.1) is 6.92 Å². The number of rotatable bonds is 5. The fraction of sp³-hybridized carbons (Fsp3) is 0.333. The van der Waals surface area contributed by atoms with Crippen LogP contribution < -0.4 is 4.72 Å². The SMILES string of the molecule is Cc1ccc(NS(=O)(=O)CCC(=O)O)nc1. The summed E-state index contributed by atoms with van der Waals surface area (Å²) >= 11 is 0. The number of carboxylic acids is 1. The van der Waals surface area contributed by atoms with Crippen LogP contribution in [-0.2, 0) is 14.8 Å². The van der Waals surface area contributed by atoms with E-state index in [0.717, 1.165) is 5.56 Å². The fourth-order valence-electron chi connectivity index (χ4n) is 0.960. The van der Waals surface area contributed by atoms with Crippen LogP contribution in [0.4, 0.5) is 5.82 Å². The Bertz CT molecular complexity index is 467. The van der Waals surface area contributed by atoms with Gasteiger partial charge in [-0.15, -0.1) is 0 Å². The zero-order chi connectivity index (χ0) is 12.2. The molecule has 0 aliphatic carbocycles. The Labute approximate surface area is 93.4 Å². The van der Waals surface area contributed by atoms with Gasteiger partial charge in [-0.1, -0.05) is 6.07 Å². The van der Waals surface area contributed by atoms with E-state index in [-0.39, 0.29) is 5.82 Å². The van der Waals surface area contributed by atoms with Crippen LogP contribution in [0.25, 0.3) is 0 Å². The van der Waals surface area contributed by atoms with Crippen LogP contribution in [0.2, 0.25) is 0 Å². The molecule has 1 heterocycles. The van der Waals surface area contributed by atoms with Crippen molar-refractivity contribution in [2.75, 3.05) is 10.5 Å². The lowest BCUT2D eigenvalue weighted by Crippen LogP contribution is -2.19. The van der Waals surface area contributed by atoms with Gasteiger partial charge in [0.25, 0.3) is 0 Å². The molecule has 0 aliphatic rings. The summed E-state index contributed by atoms with van der Waals surface area (Å²) in [4.78, 5) is 14.1. The largest absolute Gasteiger partial charge is 0.481 e. The number of aryl methyl sites for hydroxylation is 1. The Balaban J connectivity index is 2.65. The maximum atomic E-state index is 11.4. The molecule has 0 atom stereocenters. The minimum Gasteiger partial charge on any atom is -0.481 e. The highest BCUT2D eigenvalue weighted by Gasteiger charge is 2.13. The average molecular weight is 244 g/mol. The third-order valence-electron chi connectivity index (χ3n) is 1.76. The van der Waals surface area contributed by atoms with Gasteiger partial charge in [-0.25, -0.2) is 13.4 Å². The number of anilines is 1. The summed E-state index contributed by atoms with van der Waals surface area (Å²) in [5, 5.41) is 8.37. The molecule has 0 bridgehead atoms. The predicted octanol–water partition coefficient (Wildman–Crippen LogP) is 0.606. The highest BCUT2D eigenvalue weighted by Crippen LogP contribution is 2.06. The first-order valence-corrected chi connectivity index (χ1v) is 6.19. The number of pyridine rings is 1. The summed E-state index contributed by atoms with van der Waals surface area (Å²) in [6.07, 6.45) is 1.09. The quantitative estimate of drug-likeness (QED) is 0.790. The van der Waals surface area contributed by atoms with Crippen LogP contribution in [0.5, 0.6) is 0 Å². The maximum Gasteiger partial charge on any atom is 0.304 e. The van der Waals surface area contributed by atoms with Crippen LogP contribution in [0.15, 0.2) is 18.3 Å². The molecule has 7 heteroatoms. The summed E-state index contributed by atoms with van der Waals surface area (Å²) in [5.74, 6) is -1.42. The lowest BCUT2D eigenvalue weighted by molar-refractivity contribution is -0.136. The van der Waals surface area contributed by atoms with Gasteiger partial charge >= 0.3 is 5.97 Å². The number of carboxylic acid groups (broad SMARTS) is 1. The van der Waals surface area contributed by atoms with Crippen molar-refractivity contribution in [1.82, 2.24) is 4.98 Å². The summed E-state index contributed by atoms with van der Waals surface area (Å²) in [7, 11) is -3.64. The van der Waals surface area contributed by atoms with Crippen molar-refractivity contribution in [2.24, 2.45) is 0 Å². The van der Waals surface area contributed by atoms with Gasteiger partial charge in [0.1, 0.15) is 5.82 Å². The van der Waals surface area contributed by atoms with E-state index < -0.39 is 28.2 Å². The van der Waals surface area contributed by atoms with Gasteiger partial charge in [-0.2, -0.15) is 0 Å². The van der Waals surface area contributed by atoms with Crippen molar-refractivity contribution in [3.8, 4) is 0 Å². The number of hydrogen-bond donors (Lipinski definition) is 2. The monoisotopic (exact) mass is 244 g/mol. The third-order valence-corrected chi connectivity index (χ3v) is 3.02. The van der Waals surface area contributed by atoms with E-state index in [2.05, 4.69) is 9.71 Å². The van der Waals surface area contributed by atoms with Crippen LogP contribution in [0.1, 0.15) is 12.0 Å². The molecule has 0 radical (unpaired) electrons. The van der Waals surface area contributed by atoms with Gasteiger partial charge in [-0.05, 0) is 18.6 Å². The first-order valence-electron chi connectivity index (χ1n) is 4.54. The molecule has 0 saturated heterocycles. The van der Waals surface area contributed by atoms with Crippen molar-refractivity contribution < 1.29 is 18.3 Å². The van der Waals surface area contributed by atoms with E-state index in [0.29, 0.717) is 0 Å². The fourth-order valence-corrected chi connectivity index (χ4v) is 1.95. The van der Waals surface area contributed by atoms with E-state index >= 15 is 0 Å². The van der Waals surface area contributed by atoms with Crippen molar-refractivity contribution in [3.05, 3.63) is 23.9 Å². The van der Waals surface area contributed by atoms with Crippen molar-refractivity contribution in [3.63, 3.8) is 0 Å². The smallest absolute Gasteiger partial charge is 0.304 e. The van der Waals surface area contributed by atoms with E-state index in [1.54, 1.807) is 6.07 Å². The normalized spacial score (nSPS) is 11.1. The number of carbonyl (C=O) groups is 1. The molecule has 0 saturated carbocycles. The number of nitrogens with zero attached hydrogens (tertiary/aromatic N) is 1. The lowest BCUT2D eigenvalue weighted by atomic mass is 10.3. The first-order chi connectivity index (χ1) is 7.39. The van der Waals surface area contributed by atoms with Crippen LogP contribution in [-0.4, -0.2) is 30.2 Å². The minimum atomic E-state index is -3.64. The van der Waals surface area contributed by atoms with E-state index in [1.807, 2.05) is 6.92 Å². The topological polar surface area (TPSA) is 96.4 Å². The Kier molecular flexibility index (Phi) is 3.83. The predicted molar refractivity (Wildman–Crippen MR) is 58.6 cm³/mol. The zero-order valence-electron chi connectivity index (χ0n) is 8.67. The molecule has 1 rings (SSSR count). The summed E-state index contributed by atoms with van der Waals surface area (Å²) in [5.41, 5.74) is 0.911. The molecule has 2 N–H and O–H groups in total. The molecule has 1 aromatic rings. The zero-order valence-corrected chi connectivity index (χ0v) is 9.49. The highest BCUT2D eigenvalue weighted by molar-refractivity contribution is 7.92. The average Bonchev–Trinajstić information content (AvgIpc) is 2.19. The summed E-state index contributed by atoms with van der Waals surface area (Å²) in [6, 6.07) is 3.23. The molecule has 6 nitrogen and oxygen atoms in total. The second-order valence-corrected chi connectivity index (χ2v) is 5.13. The Morgan fingerprint density at radius 2 is 2.19 bits per heavy atom. The Morgan fingerprint density at radius 1 is 1.50 bits per heavy atom. The van der Waals surface area contributed by atoms with Gasteiger partial charge < -0.3 is 5.11 Å². The van der Waals surface area contributed by atoms with Gasteiger partial charge in [0.05, 0.1) is 12.2 Å². The molecule has 0 fully saturated rings. The van der Waals surface area contributed by atoms with Gasteiger partial charge in [0.15, 0.2) is 0 Å². The number of sulfonamides is 1. The van der Waals surface area contributed by atoms with E-state index in [9.17, 15) is 13.2 Å². The molecule has 16 heavy (non-hydrogen) atoms. The second-order valence-electron chi connectivity index (χ2n) is 3.29. The number of aliphatic carboxylic acids is 1. The molecule has 88 valence electrons. The van der Waals surface area contributed by atoms with Gasteiger partial charge in [0, 0.05) is 6.20 Å².